The van der Waals surface area contributed by atoms with E-state index in [9.17, 15) is 0 Å². The van der Waals surface area contributed by atoms with Crippen molar-refractivity contribution in [2.45, 2.75) is 19.8 Å². The first-order chi connectivity index (χ1) is 4.41. The van der Waals surface area contributed by atoms with Crippen LogP contribution in [0, 0.1) is 0 Å². The lowest BCUT2D eigenvalue weighted by Gasteiger charge is -1.79. The Hall–Kier alpha value is -0.810. The zero-order valence-corrected chi connectivity index (χ0v) is 6.09. The molecule has 0 atom stereocenters. The van der Waals surface area contributed by atoms with Gasteiger partial charge in [-0.2, -0.15) is 0 Å². The molecule has 0 aliphatic rings. The number of hydrogen-bond acceptors (Lipinski definition) is 1. The van der Waals surface area contributed by atoms with E-state index in [0.29, 0.717) is 0 Å². The van der Waals surface area contributed by atoms with E-state index in [0.717, 1.165) is 12.8 Å². The molecule has 0 fully saturated rings. The number of aliphatic imine (C=N–C) groups is 1. The predicted molar refractivity (Wildman–Crippen MR) is 42.0 cm³/mol. The quantitative estimate of drug-likeness (QED) is 0.310. The zero-order valence-electron chi connectivity index (χ0n) is 6.09. The molecule has 0 heterocycles. The minimum atomic E-state index is 1.04. The van der Waals surface area contributed by atoms with E-state index in [4.69, 9.17) is 0 Å². The molecule has 0 bridgehead atoms. The van der Waals surface area contributed by atoms with E-state index >= 15 is 0 Å². The lowest BCUT2D eigenvalue weighted by atomic mass is 10.3. The molecule has 0 saturated heterocycles. The first-order valence-corrected chi connectivity index (χ1v) is 3.19. The standard InChI is InChI=1S/C8H13N/c1-3-4-5-6-7-8-9-2/h3-4,7H,5-6H2,1-2H3/b4-3+. The third kappa shape index (κ3) is 7.19. The Morgan fingerprint density at radius 3 is 2.78 bits per heavy atom. The van der Waals surface area contributed by atoms with Gasteiger partial charge in [0.25, 0.3) is 0 Å². The van der Waals surface area contributed by atoms with Crippen LogP contribution in [0.2, 0.25) is 0 Å². The summed E-state index contributed by atoms with van der Waals surface area (Å²) < 4.78 is 0. The molecule has 1 nitrogen and oxygen atoms in total. The molecule has 0 radical (unpaired) electrons. The van der Waals surface area contributed by atoms with Crippen molar-refractivity contribution in [3.8, 4) is 0 Å². The van der Waals surface area contributed by atoms with Gasteiger partial charge in [0, 0.05) is 7.05 Å². The van der Waals surface area contributed by atoms with E-state index in [1.165, 1.54) is 0 Å². The van der Waals surface area contributed by atoms with Gasteiger partial charge in [-0.25, -0.2) is 4.99 Å². The number of hydrogen-bond donors (Lipinski definition) is 0. The molecule has 0 aromatic rings. The fourth-order valence-electron chi connectivity index (χ4n) is 0.502. The van der Waals surface area contributed by atoms with Crippen LogP contribution in [0.4, 0.5) is 0 Å². The summed E-state index contributed by atoms with van der Waals surface area (Å²) in [5.41, 5.74) is 0. The molecule has 9 heavy (non-hydrogen) atoms. The van der Waals surface area contributed by atoms with Gasteiger partial charge < -0.3 is 0 Å². The molecule has 0 aromatic carbocycles. The summed E-state index contributed by atoms with van der Waals surface area (Å²) in [5.74, 6) is 2.77. The molecular formula is C8H13N. The average molecular weight is 123 g/mol. The van der Waals surface area contributed by atoms with Gasteiger partial charge in [-0.1, -0.05) is 12.2 Å². The first kappa shape index (κ1) is 8.19. The van der Waals surface area contributed by atoms with E-state index in [-0.39, 0.29) is 0 Å². The SMILES string of the molecule is C/C=C/CCC=C=NC. The van der Waals surface area contributed by atoms with Crippen LogP contribution < -0.4 is 0 Å². The van der Waals surface area contributed by atoms with Crippen LogP contribution in [-0.4, -0.2) is 12.9 Å². The second kappa shape index (κ2) is 7.19. The van der Waals surface area contributed by atoms with Gasteiger partial charge in [0.05, 0.1) is 0 Å². The molecule has 0 aliphatic heterocycles. The van der Waals surface area contributed by atoms with Crippen molar-refractivity contribution in [2.75, 3.05) is 7.05 Å². The minimum Gasteiger partial charge on any atom is -0.247 e. The number of rotatable bonds is 3. The summed E-state index contributed by atoms with van der Waals surface area (Å²) in [5, 5.41) is 0. The van der Waals surface area contributed by atoms with Crippen molar-refractivity contribution in [1.82, 2.24) is 0 Å². The third-order valence-corrected chi connectivity index (χ3v) is 0.934. The topological polar surface area (TPSA) is 12.4 Å². The summed E-state index contributed by atoms with van der Waals surface area (Å²) in [6.45, 7) is 2.03. The molecule has 1 heteroatoms. The smallest absolute Gasteiger partial charge is 0.0372 e. The van der Waals surface area contributed by atoms with Crippen molar-refractivity contribution in [1.29, 1.82) is 0 Å². The Balaban J connectivity index is 3.19. The van der Waals surface area contributed by atoms with Crippen LogP contribution in [0.3, 0.4) is 0 Å². The fraction of sp³-hybridized carbons (Fsp3) is 0.500. The summed E-state index contributed by atoms with van der Waals surface area (Å²) in [6.07, 6.45) is 8.27. The molecule has 0 aliphatic carbocycles. The van der Waals surface area contributed by atoms with Gasteiger partial charge in [0.2, 0.25) is 0 Å². The van der Waals surface area contributed by atoms with Crippen molar-refractivity contribution in [3.63, 3.8) is 0 Å². The van der Waals surface area contributed by atoms with Crippen molar-refractivity contribution in [2.24, 2.45) is 4.99 Å². The minimum absolute atomic E-state index is 1.04. The zero-order chi connectivity index (χ0) is 6.95. The Morgan fingerprint density at radius 1 is 1.44 bits per heavy atom. The van der Waals surface area contributed by atoms with E-state index in [1.54, 1.807) is 7.05 Å². The maximum atomic E-state index is 3.70. The van der Waals surface area contributed by atoms with Gasteiger partial charge in [-0.05, 0) is 31.7 Å². The van der Waals surface area contributed by atoms with Crippen LogP contribution in [0.1, 0.15) is 19.8 Å². The second-order valence-electron chi connectivity index (χ2n) is 1.70. The van der Waals surface area contributed by atoms with E-state index < -0.39 is 0 Å². The molecular weight excluding hydrogens is 110 g/mol. The van der Waals surface area contributed by atoms with Crippen LogP contribution in [0.25, 0.3) is 0 Å². The van der Waals surface area contributed by atoms with Crippen molar-refractivity contribution >= 4 is 5.87 Å². The fourth-order valence-corrected chi connectivity index (χ4v) is 0.502. The molecule has 50 valence electrons. The van der Waals surface area contributed by atoms with Crippen LogP contribution in [0.5, 0.6) is 0 Å². The molecule has 0 spiro atoms. The summed E-state index contributed by atoms with van der Waals surface area (Å²) in [6, 6.07) is 0. The molecule has 0 aromatic heterocycles. The Morgan fingerprint density at radius 2 is 2.22 bits per heavy atom. The third-order valence-electron chi connectivity index (χ3n) is 0.934. The first-order valence-electron chi connectivity index (χ1n) is 3.19. The van der Waals surface area contributed by atoms with Crippen LogP contribution in [0.15, 0.2) is 23.2 Å². The lowest BCUT2D eigenvalue weighted by molar-refractivity contribution is 1.06. The van der Waals surface area contributed by atoms with Crippen LogP contribution >= 0.6 is 0 Å². The maximum Gasteiger partial charge on any atom is 0.0372 e. The summed E-state index contributed by atoms with van der Waals surface area (Å²) in [4.78, 5) is 3.70. The van der Waals surface area contributed by atoms with Crippen molar-refractivity contribution in [3.05, 3.63) is 18.2 Å². The van der Waals surface area contributed by atoms with Gasteiger partial charge in [-0.15, -0.1) is 0 Å². The summed E-state index contributed by atoms with van der Waals surface area (Å²) in [7, 11) is 1.73. The number of unbranched alkanes of at least 4 members (excludes halogenated alkanes) is 1. The average Bonchev–Trinajstić information content (AvgIpc) is 1.89. The lowest BCUT2D eigenvalue weighted by Crippen LogP contribution is -1.63. The summed E-state index contributed by atoms with van der Waals surface area (Å²) >= 11 is 0. The largest absolute Gasteiger partial charge is 0.247 e. The Kier molecular flexibility index (Phi) is 6.54. The number of allylic oxidation sites excluding steroid dienone is 3. The van der Waals surface area contributed by atoms with Gasteiger partial charge in [-0.3, -0.25) is 0 Å². The van der Waals surface area contributed by atoms with Gasteiger partial charge in [0.15, 0.2) is 0 Å². The van der Waals surface area contributed by atoms with Gasteiger partial charge >= 0.3 is 0 Å². The molecule has 0 unspecified atom stereocenters. The highest BCUT2D eigenvalue weighted by Gasteiger charge is 1.71. The molecule has 0 saturated carbocycles. The van der Waals surface area contributed by atoms with Gasteiger partial charge in [0.1, 0.15) is 0 Å². The van der Waals surface area contributed by atoms with Crippen LogP contribution in [-0.2, 0) is 0 Å². The number of nitrogens with zero attached hydrogens (tertiary/aromatic N) is 1. The highest BCUT2D eigenvalue weighted by Crippen LogP contribution is 1.88. The molecule has 0 amide bonds. The highest BCUT2D eigenvalue weighted by molar-refractivity contribution is 5.50. The van der Waals surface area contributed by atoms with E-state index in [2.05, 4.69) is 23.0 Å². The maximum absolute atomic E-state index is 3.70. The second-order valence-corrected chi connectivity index (χ2v) is 1.70. The van der Waals surface area contributed by atoms with E-state index in [1.807, 2.05) is 13.0 Å². The Labute approximate surface area is 56.8 Å². The highest BCUT2D eigenvalue weighted by atomic mass is 14.6. The molecule has 0 N–H and O–H groups in total. The van der Waals surface area contributed by atoms with Crippen molar-refractivity contribution < 1.29 is 0 Å². The Bertz CT molecular complexity index is 128. The monoisotopic (exact) mass is 123 g/mol. The predicted octanol–water partition coefficient (Wildman–Crippen LogP) is 2.20. The normalized spacial score (nSPS) is 9.11. The molecule has 0 rings (SSSR count).